The highest BCUT2D eigenvalue weighted by Gasteiger charge is 2.48. The molecule has 5 heteroatoms. The highest BCUT2D eigenvalue weighted by Crippen LogP contribution is 2.44. The fraction of sp³-hybridized carbons (Fsp3) is 0.500. The second-order valence-corrected chi connectivity index (χ2v) is 6.83. The quantitative estimate of drug-likeness (QED) is 0.824. The summed E-state index contributed by atoms with van der Waals surface area (Å²) < 4.78 is 6.38. The van der Waals surface area contributed by atoms with Gasteiger partial charge in [-0.25, -0.2) is 0 Å². The smallest absolute Gasteiger partial charge is 0.105 e. The van der Waals surface area contributed by atoms with Crippen LogP contribution in [0.3, 0.4) is 0 Å². The van der Waals surface area contributed by atoms with Crippen LogP contribution in [0.2, 0.25) is 0 Å². The van der Waals surface area contributed by atoms with E-state index in [2.05, 4.69) is 35.1 Å². The number of methoxy groups -OCH3 is 1. The monoisotopic (exact) mass is 342 g/mol. The van der Waals surface area contributed by atoms with E-state index >= 15 is 0 Å². The zero-order chi connectivity index (χ0) is 14.2. The van der Waals surface area contributed by atoms with Crippen molar-refractivity contribution in [1.29, 1.82) is 0 Å². The molecule has 1 aromatic carbocycles. The third kappa shape index (κ3) is 2.78. The number of ether oxygens (including phenoxy) is 1. The van der Waals surface area contributed by atoms with E-state index in [0.29, 0.717) is 17.1 Å². The molecule has 1 aromatic rings. The standard InChI is InChI=1S/C14H19BrN2OS/c1-14(2)11(7-12(14)18-3)17-8-4-5-9(13(16)19)10(15)6-8/h4-6,11-12,17H,7H2,1-3H3,(H2,16,19). The number of thiocarbonyl (C=S) groups is 1. The molecular formula is C14H19BrN2OS. The van der Waals surface area contributed by atoms with Crippen LogP contribution in [0.1, 0.15) is 25.8 Å². The molecule has 0 aliphatic heterocycles. The summed E-state index contributed by atoms with van der Waals surface area (Å²) in [4.78, 5) is 0.404. The Morgan fingerprint density at radius 3 is 2.68 bits per heavy atom. The van der Waals surface area contributed by atoms with Crippen molar-refractivity contribution in [2.24, 2.45) is 11.1 Å². The Hall–Kier alpha value is -0.650. The first-order valence-corrected chi connectivity index (χ1v) is 7.45. The summed E-state index contributed by atoms with van der Waals surface area (Å²) in [6.07, 6.45) is 1.35. The van der Waals surface area contributed by atoms with Gasteiger partial charge in [-0.1, -0.05) is 26.1 Å². The minimum Gasteiger partial charge on any atom is -0.389 e. The van der Waals surface area contributed by atoms with Crippen molar-refractivity contribution in [1.82, 2.24) is 0 Å². The average molecular weight is 343 g/mol. The van der Waals surface area contributed by atoms with Crippen LogP contribution >= 0.6 is 28.1 Å². The minimum atomic E-state index is 0.142. The Kier molecular flexibility index (Phi) is 4.18. The molecule has 1 aliphatic carbocycles. The van der Waals surface area contributed by atoms with E-state index in [0.717, 1.165) is 22.1 Å². The predicted octanol–water partition coefficient (Wildman–Crippen LogP) is 3.31. The van der Waals surface area contributed by atoms with Crippen molar-refractivity contribution in [2.75, 3.05) is 12.4 Å². The van der Waals surface area contributed by atoms with E-state index < -0.39 is 0 Å². The van der Waals surface area contributed by atoms with E-state index in [1.54, 1.807) is 7.11 Å². The van der Waals surface area contributed by atoms with Gasteiger partial charge in [-0.15, -0.1) is 0 Å². The normalized spacial score (nSPS) is 24.6. The second-order valence-electron chi connectivity index (χ2n) is 5.54. The Morgan fingerprint density at radius 1 is 1.53 bits per heavy atom. The molecule has 0 radical (unpaired) electrons. The number of benzene rings is 1. The Morgan fingerprint density at radius 2 is 2.21 bits per heavy atom. The maximum Gasteiger partial charge on any atom is 0.105 e. The molecule has 1 fully saturated rings. The van der Waals surface area contributed by atoms with E-state index in [4.69, 9.17) is 22.7 Å². The number of anilines is 1. The fourth-order valence-corrected chi connectivity index (χ4v) is 3.44. The summed E-state index contributed by atoms with van der Waals surface area (Å²) in [5.41, 5.74) is 7.72. The van der Waals surface area contributed by atoms with Crippen LogP contribution in [0.15, 0.2) is 22.7 Å². The van der Waals surface area contributed by atoms with Crippen molar-refractivity contribution in [3.63, 3.8) is 0 Å². The Bertz CT molecular complexity index is 504. The summed E-state index contributed by atoms with van der Waals surface area (Å²) in [5.74, 6) is 0. The Labute approximate surface area is 128 Å². The van der Waals surface area contributed by atoms with Crippen LogP contribution in [0.4, 0.5) is 5.69 Å². The maximum atomic E-state index is 5.65. The lowest BCUT2D eigenvalue weighted by Gasteiger charge is -2.51. The van der Waals surface area contributed by atoms with Gasteiger partial charge < -0.3 is 15.8 Å². The summed E-state index contributed by atoms with van der Waals surface area (Å²) in [5, 5.41) is 3.55. The third-order valence-electron chi connectivity index (χ3n) is 4.04. The maximum absolute atomic E-state index is 5.65. The number of nitrogens with one attached hydrogen (secondary N) is 1. The van der Waals surface area contributed by atoms with Gasteiger partial charge in [0, 0.05) is 34.3 Å². The van der Waals surface area contributed by atoms with Crippen molar-refractivity contribution in [3.05, 3.63) is 28.2 Å². The molecule has 0 amide bonds. The molecule has 0 bridgehead atoms. The van der Waals surface area contributed by atoms with Crippen molar-refractivity contribution < 1.29 is 4.74 Å². The summed E-state index contributed by atoms with van der Waals surface area (Å²) in [6.45, 7) is 4.45. The summed E-state index contributed by atoms with van der Waals surface area (Å²) in [7, 11) is 1.77. The van der Waals surface area contributed by atoms with Crippen LogP contribution < -0.4 is 11.1 Å². The highest BCUT2D eigenvalue weighted by atomic mass is 79.9. The molecule has 0 heterocycles. The lowest BCUT2D eigenvalue weighted by molar-refractivity contribution is -0.0794. The average Bonchev–Trinajstić information content (AvgIpc) is 2.33. The first-order chi connectivity index (χ1) is 8.86. The number of hydrogen-bond acceptors (Lipinski definition) is 3. The molecule has 0 saturated heterocycles. The molecule has 3 nitrogen and oxygen atoms in total. The van der Waals surface area contributed by atoms with Crippen LogP contribution in [0.5, 0.6) is 0 Å². The molecule has 2 atom stereocenters. The number of rotatable bonds is 4. The fourth-order valence-electron chi connectivity index (χ4n) is 2.54. The van der Waals surface area contributed by atoms with Gasteiger partial charge in [0.2, 0.25) is 0 Å². The molecule has 1 saturated carbocycles. The SMILES string of the molecule is COC1CC(Nc2ccc(C(N)=S)c(Br)c2)C1(C)C. The van der Waals surface area contributed by atoms with Gasteiger partial charge >= 0.3 is 0 Å². The van der Waals surface area contributed by atoms with Crippen LogP contribution in [-0.2, 0) is 4.74 Å². The molecule has 1 aliphatic rings. The van der Waals surface area contributed by atoms with Gasteiger partial charge in [0.1, 0.15) is 4.99 Å². The lowest BCUT2D eigenvalue weighted by Crippen LogP contribution is -2.57. The molecule has 3 N–H and O–H groups in total. The van der Waals surface area contributed by atoms with E-state index in [9.17, 15) is 0 Å². The Balaban J connectivity index is 2.09. The van der Waals surface area contributed by atoms with Crippen LogP contribution in [0, 0.1) is 5.41 Å². The van der Waals surface area contributed by atoms with E-state index in [1.165, 1.54) is 0 Å². The van der Waals surface area contributed by atoms with Gasteiger partial charge in [0.15, 0.2) is 0 Å². The number of nitrogens with two attached hydrogens (primary N) is 1. The van der Waals surface area contributed by atoms with Gasteiger partial charge in [-0.3, -0.25) is 0 Å². The zero-order valence-electron chi connectivity index (χ0n) is 11.4. The zero-order valence-corrected chi connectivity index (χ0v) is 13.8. The first kappa shape index (κ1) is 14.8. The molecule has 104 valence electrons. The third-order valence-corrected chi connectivity index (χ3v) is 4.91. The number of halogens is 1. The van der Waals surface area contributed by atoms with Crippen molar-refractivity contribution in [3.8, 4) is 0 Å². The van der Waals surface area contributed by atoms with Gasteiger partial charge in [-0.2, -0.15) is 0 Å². The highest BCUT2D eigenvalue weighted by molar-refractivity contribution is 9.10. The summed E-state index contributed by atoms with van der Waals surface area (Å²) >= 11 is 8.49. The molecule has 19 heavy (non-hydrogen) atoms. The lowest BCUT2D eigenvalue weighted by atomic mass is 9.64. The minimum absolute atomic E-state index is 0.142. The van der Waals surface area contributed by atoms with Crippen molar-refractivity contribution >= 4 is 38.8 Å². The molecule has 0 aromatic heterocycles. The number of hydrogen-bond donors (Lipinski definition) is 2. The van der Waals surface area contributed by atoms with Crippen LogP contribution in [-0.4, -0.2) is 24.2 Å². The molecule has 2 rings (SSSR count). The largest absolute Gasteiger partial charge is 0.389 e. The van der Waals surface area contributed by atoms with Gasteiger partial charge in [-0.05, 0) is 40.5 Å². The summed E-state index contributed by atoms with van der Waals surface area (Å²) in [6, 6.07) is 6.38. The van der Waals surface area contributed by atoms with Gasteiger partial charge in [0.05, 0.1) is 6.10 Å². The predicted molar refractivity (Wildman–Crippen MR) is 86.6 cm³/mol. The topological polar surface area (TPSA) is 47.3 Å². The molecular weight excluding hydrogens is 324 g/mol. The first-order valence-electron chi connectivity index (χ1n) is 6.25. The van der Waals surface area contributed by atoms with Gasteiger partial charge in [0.25, 0.3) is 0 Å². The van der Waals surface area contributed by atoms with E-state index in [-0.39, 0.29) is 5.41 Å². The molecule has 0 spiro atoms. The van der Waals surface area contributed by atoms with Crippen LogP contribution in [0.25, 0.3) is 0 Å². The van der Waals surface area contributed by atoms with E-state index in [1.807, 2.05) is 18.2 Å². The second kappa shape index (κ2) is 5.38. The van der Waals surface area contributed by atoms with Crippen molar-refractivity contribution in [2.45, 2.75) is 32.4 Å². The molecule has 2 unspecified atom stereocenters.